The lowest BCUT2D eigenvalue weighted by Gasteiger charge is -2.10. The molecule has 3 aromatic rings. The molecular weight excluding hydrogens is 352 g/mol. The predicted octanol–water partition coefficient (Wildman–Crippen LogP) is 3.36. The van der Waals surface area contributed by atoms with Crippen LogP contribution in [0.5, 0.6) is 0 Å². The van der Waals surface area contributed by atoms with E-state index in [1.165, 1.54) is 0 Å². The summed E-state index contributed by atoms with van der Waals surface area (Å²) in [6.45, 7) is 7.29. The van der Waals surface area contributed by atoms with Crippen molar-refractivity contribution in [1.82, 2.24) is 14.8 Å². The van der Waals surface area contributed by atoms with Gasteiger partial charge in [0, 0.05) is 31.0 Å². The lowest BCUT2D eigenvalue weighted by atomic mass is 10.1. The molecule has 1 N–H and O–H groups in total. The van der Waals surface area contributed by atoms with Crippen LogP contribution in [0.4, 0.5) is 5.69 Å². The predicted molar refractivity (Wildman–Crippen MR) is 99.5 cm³/mol. The van der Waals surface area contributed by atoms with Gasteiger partial charge in [-0.1, -0.05) is 19.1 Å². The molecule has 0 amide bonds. The number of hydrogen-bond donors (Lipinski definition) is 1. The largest absolute Gasteiger partial charge is 0.421 e. The number of aryl methyl sites for hydroxylation is 2. The Labute approximate surface area is 153 Å². The highest BCUT2D eigenvalue weighted by Crippen LogP contribution is 2.35. The lowest BCUT2D eigenvalue weighted by Crippen LogP contribution is -2.15. The van der Waals surface area contributed by atoms with Gasteiger partial charge in [0.25, 0.3) is 15.9 Å². The quantitative estimate of drug-likeness (QED) is 0.739. The third-order valence-corrected chi connectivity index (χ3v) is 6.06. The number of nitrogens with one attached hydrogen (secondary N) is 1. The van der Waals surface area contributed by atoms with Gasteiger partial charge >= 0.3 is 0 Å². The van der Waals surface area contributed by atoms with Gasteiger partial charge in [-0.2, -0.15) is 0 Å². The highest BCUT2D eigenvalue weighted by atomic mass is 32.2. The highest BCUT2D eigenvalue weighted by molar-refractivity contribution is 7.93. The van der Waals surface area contributed by atoms with E-state index in [1.807, 2.05) is 43.7 Å². The maximum absolute atomic E-state index is 13.2. The SMILES string of the molecule is CCc1cccc(NS(=O)(=O)c2c(-c3nnc(C)o3)c(C)n(C)c2C)c1. The Balaban J connectivity index is 2.14. The van der Waals surface area contributed by atoms with Gasteiger partial charge in [0.2, 0.25) is 5.89 Å². The van der Waals surface area contributed by atoms with E-state index >= 15 is 0 Å². The molecule has 0 aliphatic carbocycles. The topological polar surface area (TPSA) is 90.0 Å². The second kappa shape index (κ2) is 6.60. The minimum atomic E-state index is -3.84. The van der Waals surface area contributed by atoms with Gasteiger partial charge in [-0.05, 0) is 38.0 Å². The van der Waals surface area contributed by atoms with E-state index in [9.17, 15) is 8.42 Å². The normalized spacial score (nSPS) is 11.7. The van der Waals surface area contributed by atoms with Crippen molar-refractivity contribution >= 4 is 15.7 Å². The molecule has 0 atom stereocenters. The Hall–Kier alpha value is -2.61. The summed E-state index contributed by atoms with van der Waals surface area (Å²) in [5.41, 5.74) is 3.36. The molecule has 2 aromatic heterocycles. The minimum absolute atomic E-state index is 0.156. The first-order valence-electron chi connectivity index (χ1n) is 8.32. The van der Waals surface area contributed by atoms with Crippen LogP contribution < -0.4 is 4.72 Å². The van der Waals surface area contributed by atoms with Gasteiger partial charge in [-0.3, -0.25) is 4.72 Å². The van der Waals surface area contributed by atoms with Crippen molar-refractivity contribution in [2.45, 2.75) is 39.0 Å². The van der Waals surface area contributed by atoms with E-state index in [0.29, 0.717) is 22.8 Å². The van der Waals surface area contributed by atoms with Gasteiger partial charge in [-0.15, -0.1) is 10.2 Å². The molecule has 3 rings (SSSR count). The van der Waals surface area contributed by atoms with Crippen LogP contribution in [0.3, 0.4) is 0 Å². The zero-order chi connectivity index (χ0) is 19.1. The van der Waals surface area contributed by atoms with Gasteiger partial charge in [-0.25, -0.2) is 8.42 Å². The average molecular weight is 374 g/mol. The van der Waals surface area contributed by atoms with Gasteiger partial charge in [0.05, 0.1) is 5.56 Å². The Kier molecular flexibility index (Phi) is 4.62. The Morgan fingerprint density at radius 2 is 1.88 bits per heavy atom. The van der Waals surface area contributed by atoms with Crippen molar-refractivity contribution in [3.05, 3.63) is 47.1 Å². The van der Waals surface area contributed by atoms with Crippen LogP contribution in [-0.4, -0.2) is 23.2 Å². The first-order valence-corrected chi connectivity index (χ1v) is 9.81. The molecule has 0 saturated carbocycles. The lowest BCUT2D eigenvalue weighted by molar-refractivity contribution is 0.530. The highest BCUT2D eigenvalue weighted by Gasteiger charge is 2.30. The first-order chi connectivity index (χ1) is 12.2. The van der Waals surface area contributed by atoms with Crippen molar-refractivity contribution in [1.29, 1.82) is 0 Å². The van der Waals surface area contributed by atoms with Crippen LogP contribution in [-0.2, 0) is 23.5 Å². The molecule has 0 radical (unpaired) electrons. The third-order valence-electron chi connectivity index (χ3n) is 4.52. The molecule has 0 unspecified atom stereocenters. The summed E-state index contributed by atoms with van der Waals surface area (Å²) >= 11 is 0. The van der Waals surface area contributed by atoms with Crippen molar-refractivity contribution in [2.24, 2.45) is 7.05 Å². The molecular formula is C18H22N4O3S. The van der Waals surface area contributed by atoms with Gasteiger partial charge in [0.15, 0.2) is 0 Å². The number of nitrogens with zero attached hydrogens (tertiary/aromatic N) is 3. The summed E-state index contributed by atoms with van der Waals surface area (Å²) in [5.74, 6) is 0.583. The van der Waals surface area contributed by atoms with Crippen molar-refractivity contribution in [3.63, 3.8) is 0 Å². The van der Waals surface area contributed by atoms with E-state index < -0.39 is 10.0 Å². The molecule has 0 aliphatic heterocycles. The Bertz CT molecular complexity index is 1060. The molecule has 0 fully saturated rings. The molecule has 138 valence electrons. The van der Waals surface area contributed by atoms with E-state index in [1.54, 1.807) is 19.9 Å². The summed E-state index contributed by atoms with van der Waals surface area (Å²) in [4.78, 5) is 0.156. The van der Waals surface area contributed by atoms with Crippen LogP contribution in [0.2, 0.25) is 0 Å². The maximum Gasteiger partial charge on any atom is 0.264 e. The third kappa shape index (κ3) is 3.12. The second-order valence-electron chi connectivity index (χ2n) is 6.22. The first kappa shape index (κ1) is 18.2. The maximum atomic E-state index is 13.2. The monoisotopic (exact) mass is 374 g/mol. The van der Waals surface area contributed by atoms with Crippen molar-refractivity contribution in [2.75, 3.05) is 4.72 Å². The number of hydrogen-bond acceptors (Lipinski definition) is 5. The van der Waals surface area contributed by atoms with E-state index in [-0.39, 0.29) is 10.8 Å². The average Bonchev–Trinajstić information content (AvgIpc) is 3.11. The van der Waals surface area contributed by atoms with E-state index in [2.05, 4.69) is 14.9 Å². The van der Waals surface area contributed by atoms with Gasteiger partial charge in [0.1, 0.15) is 4.90 Å². The van der Waals surface area contributed by atoms with E-state index in [4.69, 9.17) is 4.42 Å². The van der Waals surface area contributed by atoms with Crippen LogP contribution in [0.15, 0.2) is 33.6 Å². The summed E-state index contributed by atoms with van der Waals surface area (Å²) in [5, 5.41) is 7.85. The molecule has 8 heteroatoms. The number of benzene rings is 1. The second-order valence-corrected chi connectivity index (χ2v) is 7.84. The molecule has 2 heterocycles. The van der Waals surface area contributed by atoms with Crippen LogP contribution in [0.1, 0.15) is 29.8 Å². The molecule has 0 bridgehead atoms. The van der Waals surface area contributed by atoms with E-state index in [0.717, 1.165) is 17.7 Å². The van der Waals surface area contributed by atoms with Crippen molar-refractivity contribution < 1.29 is 12.8 Å². The fourth-order valence-corrected chi connectivity index (χ4v) is 4.52. The minimum Gasteiger partial charge on any atom is -0.421 e. The number of sulfonamides is 1. The standard InChI is InChI=1S/C18H22N4O3S/c1-6-14-8-7-9-15(10-14)21-26(23,24)17-12(3)22(5)11(2)16(17)18-20-19-13(4)25-18/h7-10,21H,6H2,1-5H3. The summed E-state index contributed by atoms with van der Waals surface area (Å²) in [6.07, 6.45) is 0.825. The fraction of sp³-hybridized carbons (Fsp3) is 0.333. The van der Waals surface area contributed by atoms with Gasteiger partial charge < -0.3 is 8.98 Å². The Morgan fingerprint density at radius 3 is 2.50 bits per heavy atom. The Morgan fingerprint density at radius 1 is 1.15 bits per heavy atom. The summed E-state index contributed by atoms with van der Waals surface area (Å²) in [7, 11) is -2.03. The number of rotatable bonds is 5. The smallest absolute Gasteiger partial charge is 0.264 e. The number of aromatic nitrogens is 3. The molecule has 0 spiro atoms. The zero-order valence-corrected chi connectivity index (χ0v) is 16.3. The van der Waals surface area contributed by atoms with Crippen molar-refractivity contribution in [3.8, 4) is 11.5 Å². The summed E-state index contributed by atoms with van der Waals surface area (Å²) < 4.78 is 36.4. The fourth-order valence-electron chi connectivity index (χ4n) is 2.96. The van der Waals surface area contributed by atoms with Crippen LogP contribution >= 0.6 is 0 Å². The molecule has 0 aliphatic rings. The molecule has 26 heavy (non-hydrogen) atoms. The summed E-state index contributed by atoms with van der Waals surface area (Å²) in [6, 6.07) is 7.36. The molecule has 1 aromatic carbocycles. The molecule has 7 nitrogen and oxygen atoms in total. The number of anilines is 1. The molecule has 0 saturated heterocycles. The van der Waals surface area contributed by atoms with Crippen LogP contribution in [0, 0.1) is 20.8 Å². The van der Waals surface area contributed by atoms with Crippen LogP contribution in [0.25, 0.3) is 11.5 Å². The zero-order valence-electron chi connectivity index (χ0n) is 15.5.